The topological polar surface area (TPSA) is 41.5 Å². The van der Waals surface area contributed by atoms with Crippen molar-refractivity contribution in [1.82, 2.24) is 5.43 Å². The molecule has 0 radical (unpaired) electrons. The van der Waals surface area contributed by atoms with Gasteiger partial charge in [-0.2, -0.15) is 5.10 Å². The van der Waals surface area contributed by atoms with Crippen LogP contribution in [0.25, 0.3) is 0 Å². The highest BCUT2D eigenvalue weighted by atomic mass is 79.9. The summed E-state index contributed by atoms with van der Waals surface area (Å²) in [6.07, 6.45) is 0.710. The van der Waals surface area contributed by atoms with Crippen LogP contribution in [-0.4, -0.2) is 14.9 Å². The number of nitrogens with one attached hydrogen (secondary N) is 1. The summed E-state index contributed by atoms with van der Waals surface area (Å²) < 4.78 is -0.335. The lowest BCUT2D eigenvalue weighted by Crippen LogP contribution is -2.30. The Kier molecular flexibility index (Phi) is 4.55. The Morgan fingerprint density at radius 3 is 2.50 bits per heavy atom. The summed E-state index contributed by atoms with van der Waals surface area (Å²) in [5.41, 5.74) is 3.44. The molecule has 20 heavy (non-hydrogen) atoms. The fourth-order valence-electron chi connectivity index (χ4n) is 1.75. The Hall–Kier alpha value is -0.100. The molecule has 2 rings (SSSR count). The summed E-state index contributed by atoms with van der Waals surface area (Å²) in [5, 5.41) is 5.17. The van der Waals surface area contributed by atoms with Crippen molar-refractivity contribution in [2.75, 3.05) is 0 Å². The normalized spacial score (nSPS) is 24.4. The lowest BCUT2D eigenvalue weighted by Gasteiger charge is -2.11. The van der Waals surface area contributed by atoms with Crippen LogP contribution >= 0.6 is 55.1 Å². The van der Waals surface area contributed by atoms with E-state index in [9.17, 15) is 4.79 Å². The summed E-state index contributed by atoms with van der Waals surface area (Å²) in [7, 11) is 0. The van der Waals surface area contributed by atoms with Gasteiger partial charge in [0.2, 0.25) is 5.91 Å². The number of hydrogen-bond donors (Lipinski definition) is 1. The third kappa shape index (κ3) is 3.06. The van der Waals surface area contributed by atoms with Gasteiger partial charge >= 0.3 is 0 Å². The van der Waals surface area contributed by atoms with Gasteiger partial charge in [0.25, 0.3) is 0 Å². The number of amides is 1. The zero-order valence-corrected chi connectivity index (χ0v) is 15.5. The van der Waals surface area contributed by atoms with Crippen LogP contribution in [0.3, 0.4) is 0 Å². The van der Waals surface area contributed by atoms with E-state index in [0.717, 1.165) is 5.56 Å². The van der Waals surface area contributed by atoms with E-state index in [0.29, 0.717) is 22.2 Å². The molecule has 3 nitrogen and oxygen atoms in total. The van der Waals surface area contributed by atoms with Crippen molar-refractivity contribution in [2.45, 2.75) is 23.5 Å². The maximum Gasteiger partial charge on any atom is 0.248 e. The van der Waals surface area contributed by atoms with Crippen LogP contribution < -0.4 is 5.43 Å². The van der Waals surface area contributed by atoms with Crippen LogP contribution in [-0.2, 0) is 4.79 Å². The molecule has 0 spiro atoms. The molecular weight excluding hydrogens is 431 g/mol. The summed E-state index contributed by atoms with van der Waals surface area (Å²) in [5.74, 6) is -0.143. The molecule has 108 valence electrons. The summed E-state index contributed by atoms with van der Waals surface area (Å²) in [6, 6.07) is 5.14. The van der Waals surface area contributed by atoms with E-state index in [1.165, 1.54) is 0 Å². The molecule has 1 fully saturated rings. The Morgan fingerprint density at radius 1 is 1.40 bits per heavy atom. The van der Waals surface area contributed by atoms with Gasteiger partial charge in [-0.3, -0.25) is 4.79 Å². The molecule has 1 amide bonds. The first-order valence-corrected chi connectivity index (χ1v) is 8.19. The van der Waals surface area contributed by atoms with Crippen LogP contribution in [0.1, 0.15) is 25.8 Å². The minimum absolute atomic E-state index is 0.143. The minimum Gasteiger partial charge on any atom is -0.272 e. The average Bonchev–Trinajstić information content (AvgIpc) is 2.86. The number of hydrogen-bond acceptors (Lipinski definition) is 2. The van der Waals surface area contributed by atoms with Gasteiger partial charge < -0.3 is 0 Å². The number of nitrogens with zero attached hydrogens (tertiary/aromatic N) is 1. The lowest BCUT2D eigenvalue weighted by molar-refractivity contribution is -0.125. The van der Waals surface area contributed by atoms with E-state index < -0.39 is 5.41 Å². The predicted molar refractivity (Wildman–Crippen MR) is 90.1 cm³/mol. The van der Waals surface area contributed by atoms with Gasteiger partial charge in [0.05, 0.1) is 19.4 Å². The molecule has 0 aliphatic heterocycles. The zero-order chi connectivity index (χ0) is 15.1. The zero-order valence-electron chi connectivity index (χ0n) is 10.8. The van der Waals surface area contributed by atoms with Crippen molar-refractivity contribution in [2.24, 2.45) is 10.5 Å². The lowest BCUT2D eigenvalue weighted by atomic mass is 10.1. The van der Waals surface area contributed by atoms with Gasteiger partial charge in [-0.15, -0.1) is 0 Å². The summed E-state index contributed by atoms with van der Waals surface area (Å²) >= 11 is 18.8. The van der Waals surface area contributed by atoms with Gasteiger partial charge in [-0.25, -0.2) is 5.43 Å². The van der Waals surface area contributed by atoms with Gasteiger partial charge in [-0.05, 0) is 32.4 Å². The van der Waals surface area contributed by atoms with Crippen molar-refractivity contribution in [3.05, 3.63) is 33.8 Å². The maximum absolute atomic E-state index is 12.1. The van der Waals surface area contributed by atoms with Crippen LogP contribution in [0.4, 0.5) is 0 Å². The second-order valence-corrected chi connectivity index (χ2v) is 9.59. The Bertz CT molecular complexity index is 604. The van der Waals surface area contributed by atoms with E-state index in [1.54, 1.807) is 25.1 Å². The van der Waals surface area contributed by atoms with E-state index in [1.807, 2.05) is 6.92 Å². The van der Waals surface area contributed by atoms with E-state index in [-0.39, 0.29) is 9.14 Å². The minimum atomic E-state index is -0.499. The third-order valence-corrected chi connectivity index (χ3v) is 6.26. The van der Waals surface area contributed by atoms with Crippen molar-refractivity contribution >= 4 is 66.7 Å². The predicted octanol–water partition coefficient (Wildman–Crippen LogP) is 4.73. The third-order valence-electron chi connectivity index (χ3n) is 3.41. The number of hydrazone groups is 1. The average molecular weight is 443 g/mol. The van der Waals surface area contributed by atoms with Crippen LogP contribution in [0.15, 0.2) is 23.3 Å². The fraction of sp³-hybridized carbons (Fsp3) is 0.385. The number of benzene rings is 1. The highest BCUT2D eigenvalue weighted by Gasteiger charge is 2.66. The fourth-order valence-corrected chi connectivity index (χ4v) is 3.77. The first-order valence-electron chi connectivity index (χ1n) is 5.85. The monoisotopic (exact) mass is 440 g/mol. The van der Waals surface area contributed by atoms with Crippen LogP contribution in [0.2, 0.25) is 10.0 Å². The number of alkyl halides is 2. The van der Waals surface area contributed by atoms with Gasteiger partial charge in [0.15, 0.2) is 0 Å². The molecule has 1 saturated carbocycles. The Labute approximate surface area is 144 Å². The smallest absolute Gasteiger partial charge is 0.248 e. The SMILES string of the molecule is C/C(=N/NC(=O)[C@]1(C)CC1(Br)Br)c1ccc(Cl)cc1Cl. The molecule has 7 heteroatoms. The molecule has 0 saturated heterocycles. The van der Waals surface area contributed by atoms with Gasteiger partial charge in [-0.1, -0.05) is 61.1 Å². The molecular formula is C13H12Br2Cl2N2O. The highest BCUT2D eigenvalue weighted by Crippen LogP contribution is 2.66. The second kappa shape index (κ2) is 5.59. The van der Waals surface area contributed by atoms with Crippen molar-refractivity contribution in [3.8, 4) is 0 Å². The molecule has 0 aromatic heterocycles. The number of carbonyl (C=O) groups is 1. The Balaban J connectivity index is 2.10. The molecule has 1 aromatic rings. The molecule has 1 N–H and O–H groups in total. The molecule has 0 heterocycles. The molecule has 0 bridgehead atoms. The largest absolute Gasteiger partial charge is 0.272 e. The summed E-state index contributed by atoms with van der Waals surface area (Å²) in [4.78, 5) is 12.1. The molecule has 1 aliphatic rings. The maximum atomic E-state index is 12.1. The number of halogens is 4. The number of rotatable bonds is 3. The van der Waals surface area contributed by atoms with Crippen LogP contribution in [0.5, 0.6) is 0 Å². The second-order valence-electron chi connectivity index (χ2n) is 4.98. The molecule has 0 unspecified atom stereocenters. The highest BCUT2D eigenvalue weighted by molar-refractivity contribution is 9.25. The van der Waals surface area contributed by atoms with E-state index in [4.69, 9.17) is 23.2 Å². The number of carbonyl (C=O) groups excluding carboxylic acids is 1. The first-order chi connectivity index (χ1) is 9.17. The van der Waals surface area contributed by atoms with Crippen LogP contribution in [0, 0.1) is 5.41 Å². The van der Waals surface area contributed by atoms with Gasteiger partial charge in [0, 0.05) is 10.6 Å². The van der Waals surface area contributed by atoms with E-state index >= 15 is 0 Å². The van der Waals surface area contributed by atoms with Crippen molar-refractivity contribution < 1.29 is 4.79 Å². The molecule has 1 aromatic carbocycles. The van der Waals surface area contributed by atoms with Crippen molar-refractivity contribution in [3.63, 3.8) is 0 Å². The molecule has 1 aliphatic carbocycles. The Morgan fingerprint density at radius 2 is 2.00 bits per heavy atom. The summed E-state index contributed by atoms with van der Waals surface area (Å²) in [6.45, 7) is 3.64. The van der Waals surface area contributed by atoms with E-state index in [2.05, 4.69) is 42.4 Å². The van der Waals surface area contributed by atoms with Crippen molar-refractivity contribution in [1.29, 1.82) is 0 Å². The first kappa shape index (κ1) is 16.3. The van der Waals surface area contributed by atoms with Gasteiger partial charge in [0.1, 0.15) is 0 Å². The standard InChI is InChI=1S/C13H12Br2Cl2N2O/c1-7(9-4-3-8(16)5-10(9)17)18-19-11(20)12(2)6-13(12,14)15/h3-5H,6H2,1-2H3,(H,19,20)/b18-7-/t12-/m0/s1. The quantitative estimate of drug-likeness (QED) is 0.410. The molecule has 1 atom stereocenters.